The van der Waals surface area contributed by atoms with Crippen LogP contribution in [0.2, 0.25) is 0 Å². The normalized spacial score (nSPS) is 9.87. The summed E-state index contributed by atoms with van der Waals surface area (Å²) in [6.07, 6.45) is 6.68. The molecule has 6 N–H and O–H groups in total. The number of ether oxygens (including phenoxy) is 1. The van der Waals surface area contributed by atoms with Crippen LogP contribution in [-0.4, -0.2) is 35.9 Å². The lowest BCUT2D eigenvalue weighted by atomic mass is 10.1. The molecule has 0 spiro atoms. The largest absolute Gasteiger partial charge is 0.497 e. The Morgan fingerprint density at radius 3 is 2.03 bits per heavy atom. The van der Waals surface area contributed by atoms with E-state index < -0.39 is 0 Å². The van der Waals surface area contributed by atoms with Crippen LogP contribution in [0.25, 0.3) is 11.5 Å². The van der Waals surface area contributed by atoms with Gasteiger partial charge >= 0.3 is 0 Å². The highest BCUT2D eigenvalue weighted by Gasteiger charge is 2.07. The van der Waals surface area contributed by atoms with Crippen LogP contribution >= 0.6 is 0 Å². The topological polar surface area (TPSA) is 160 Å². The number of para-hydroxylation sites is 1. The second-order valence-corrected chi connectivity index (χ2v) is 7.97. The first-order valence-electron chi connectivity index (χ1n) is 12.0. The van der Waals surface area contributed by atoms with Crippen molar-refractivity contribution in [3.8, 4) is 17.2 Å². The van der Waals surface area contributed by atoms with E-state index in [1.807, 2.05) is 94.4 Å². The molecule has 0 aliphatic carbocycles. The van der Waals surface area contributed by atoms with Gasteiger partial charge in [0.2, 0.25) is 0 Å². The minimum atomic E-state index is 0.593. The Hall–Kier alpha value is -5.05. The van der Waals surface area contributed by atoms with E-state index >= 15 is 0 Å². The molecule has 0 aliphatic heterocycles. The fourth-order valence-electron chi connectivity index (χ4n) is 2.88. The average molecular weight is 528 g/mol. The molecule has 0 radical (unpaired) electrons. The van der Waals surface area contributed by atoms with Gasteiger partial charge in [0, 0.05) is 29.9 Å². The van der Waals surface area contributed by atoms with E-state index in [0.717, 1.165) is 46.2 Å². The van der Waals surface area contributed by atoms with Crippen LogP contribution in [0.15, 0.2) is 88.5 Å². The molecule has 4 aromatic rings. The van der Waals surface area contributed by atoms with Crippen LogP contribution in [0.4, 0.5) is 11.4 Å². The molecule has 3 aromatic carbocycles. The van der Waals surface area contributed by atoms with Gasteiger partial charge in [0.1, 0.15) is 5.75 Å². The molecule has 0 fully saturated rings. The number of methoxy groups -OCH3 is 1. The first kappa shape index (κ1) is 32.0. The average Bonchev–Trinajstić information content (AvgIpc) is 3.38. The van der Waals surface area contributed by atoms with Crippen molar-refractivity contribution in [2.75, 3.05) is 12.8 Å². The van der Waals surface area contributed by atoms with Crippen LogP contribution in [0, 0.1) is 38.5 Å². The highest BCUT2D eigenvalue weighted by atomic mass is 16.5. The fourth-order valence-corrected chi connectivity index (χ4v) is 2.88. The van der Waals surface area contributed by atoms with Gasteiger partial charge < -0.3 is 31.5 Å². The predicted molar refractivity (Wildman–Crippen MR) is 162 cm³/mol. The number of hydrogen-bond acceptors (Lipinski definition) is 9. The Kier molecular flexibility index (Phi) is 15.0. The summed E-state index contributed by atoms with van der Waals surface area (Å²) < 4.78 is 10.1. The molecule has 4 rings (SSSR count). The fraction of sp³-hybridized carbons (Fsp3) is 0.167. The Bertz CT molecular complexity index is 1350. The maximum Gasteiger partial charge on any atom is 0.258 e. The number of nitrogens with one attached hydrogen (secondary N) is 2. The lowest BCUT2D eigenvalue weighted by molar-refractivity contribution is 0.414. The van der Waals surface area contributed by atoms with Crippen molar-refractivity contribution < 1.29 is 9.26 Å². The highest BCUT2D eigenvalue weighted by Crippen LogP contribution is 2.20. The minimum absolute atomic E-state index is 0.593. The zero-order chi connectivity index (χ0) is 29.0. The quantitative estimate of drug-likeness (QED) is 0.174. The number of anilines is 1. The Balaban J connectivity index is 0.000000276. The summed E-state index contributed by atoms with van der Waals surface area (Å²) >= 11 is 0. The van der Waals surface area contributed by atoms with E-state index in [-0.39, 0.29) is 0 Å². The van der Waals surface area contributed by atoms with Crippen LogP contribution in [0.3, 0.4) is 0 Å². The molecule has 1 heterocycles. The minimum Gasteiger partial charge on any atom is -0.497 e. The van der Waals surface area contributed by atoms with Crippen molar-refractivity contribution in [3.63, 3.8) is 0 Å². The van der Waals surface area contributed by atoms with E-state index in [4.69, 9.17) is 31.5 Å². The summed E-state index contributed by atoms with van der Waals surface area (Å²) in [4.78, 5) is 8.37. The van der Waals surface area contributed by atoms with E-state index in [2.05, 4.69) is 15.1 Å². The van der Waals surface area contributed by atoms with Gasteiger partial charge in [-0.25, -0.2) is 0 Å². The van der Waals surface area contributed by atoms with Crippen LogP contribution in [0.5, 0.6) is 5.75 Å². The lowest BCUT2D eigenvalue weighted by Crippen LogP contribution is -1.90. The zero-order valence-corrected chi connectivity index (χ0v) is 23.1. The number of aromatic nitrogens is 2. The number of nitrogens with two attached hydrogens (primary N) is 2. The van der Waals surface area contributed by atoms with Gasteiger partial charge in [0.25, 0.3) is 5.89 Å². The van der Waals surface area contributed by atoms with Gasteiger partial charge in [-0.05, 0) is 87.0 Å². The second kappa shape index (κ2) is 18.2. The van der Waals surface area contributed by atoms with Gasteiger partial charge in [-0.2, -0.15) is 4.98 Å². The SMILES string of the molecule is COc1ccc(N)c(C)c1.Cc1ccccc1N=CC=CN.Cc1noc(-c2ccccc2C)n1.N=CC=N. The van der Waals surface area contributed by atoms with Gasteiger partial charge in [0.15, 0.2) is 5.82 Å². The Morgan fingerprint density at radius 2 is 1.51 bits per heavy atom. The summed E-state index contributed by atoms with van der Waals surface area (Å²) in [6.45, 7) is 7.82. The third-order valence-electron chi connectivity index (χ3n) is 4.99. The number of aryl methyl sites for hydroxylation is 4. The molecule has 0 saturated carbocycles. The van der Waals surface area contributed by atoms with Gasteiger partial charge in [-0.1, -0.05) is 41.6 Å². The van der Waals surface area contributed by atoms with E-state index in [1.165, 1.54) is 11.8 Å². The van der Waals surface area contributed by atoms with E-state index in [9.17, 15) is 0 Å². The van der Waals surface area contributed by atoms with Crippen molar-refractivity contribution in [1.82, 2.24) is 10.1 Å². The standard InChI is InChI=1S/C10H10N2O.C10H12N2.C8H11NO.C2H4N2/c1-7-5-3-4-6-9(7)10-11-8(2)12-13-10;1-9-5-2-3-6-10(9)12-8-4-7-11;1-6-5-7(10-2)3-4-8(6)9;3-1-2-4/h3-6H,1-2H3;2-8H,11H2,1H3;3-5H,9H2,1-2H3;1-4H. The van der Waals surface area contributed by atoms with Gasteiger partial charge in [-0.15, -0.1) is 0 Å². The van der Waals surface area contributed by atoms with Gasteiger partial charge in [-0.3, -0.25) is 4.99 Å². The first-order chi connectivity index (χ1) is 18.8. The number of allylic oxidation sites excluding steroid dienone is 1. The molecule has 204 valence electrons. The molecule has 9 heteroatoms. The summed E-state index contributed by atoms with van der Waals surface area (Å²) in [5, 5.41) is 15.9. The number of benzene rings is 3. The highest BCUT2D eigenvalue weighted by molar-refractivity contribution is 6.12. The van der Waals surface area contributed by atoms with Crippen molar-refractivity contribution in [2.24, 2.45) is 10.7 Å². The predicted octanol–water partition coefficient (Wildman–Crippen LogP) is 6.39. The van der Waals surface area contributed by atoms with E-state index in [0.29, 0.717) is 11.7 Å². The van der Waals surface area contributed by atoms with Crippen LogP contribution < -0.4 is 16.2 Å². The zero-order valence-electron chi connectivity index (χ0n) is 23.1. The monoisotopic (exact) mass is 527 g/mol. The molecule has 0 bridgehead atoms. The summed E-state index contributed by atoms with van der Waals surface area (Å²) in [5.74, 6) is 2.11. The molecule has 0 aliphatic rings. The number of nitrogens with zero attached hydrogens (tertiary/aromatic N) is 3. The lowest BCUT2D eigenvalue weighted by Gasteiger charge is -2.02. The number of hydrogen-bond donors (Lipinski definition) is 4. The number of aliphatic imine (C=N–C) groups is 1. The second-order valence-electron chi connectivity index (χ2n) is 7.97. The molecule has 9 nitrogen and oxygen atoms in total. The first-order valence-corrected chi connectivity index (χ1v) is 12.0. The molecule has 0 unspecified atom stereocenters. The summed E-state index contributed by atoms with van der Waals surface area (Å²) in [6, 6.07) is 21.5. The molecule has 0 atom stereocenters. The Labute approximate surface area is 230 Å². The molecule has 39 heavy (non-hydrogen) atoms. The number of rotatable bonds is 5. The third-order valence-corrected chi connectivity index (χ3v) is 4.99. The maximum atomic E-state index is 6.08. The smallest absolute Gasteiger partial charge is 0.258 e. The maximum absolute atomic E-state index is 6.08. The Morgan fingerprint density at radius 1 is 0.872 bits per heavy atom. The molecule has 0 saturated heterocycles. The summed E-state index contributed by atoms with van der Waals surface area (Å²) in [7, 11) is 1.64. The molecule has 1 aromatic heterocycles. The third kappa shape index (κ3) is 12.2. The van der Waals surface area contributed by atoms with Crippen molar-refractivity contribution >= 4 is 30.0 Å². The molecular weight excluding hydrogens is 490 g/mol. The van der Waals surface area contributed by atoms with Crippen LogP contribution in [-0.2, 0) is 0 Å². The summed E-state index contributed by atoms with van der Waals surface area (Å²) in [5.41, 5.74) is 16.9. The van der Waals surface area contributed by atoms with Crippen molar-refractivity contribution in [3.05, 3.63) is 102 Å². The van der Waals surface area contributed by atoms with Crippen molar-refractivity contribution in [1.29, 1.82) is 10.8 Å². The number of nitrogen functional groups attached to an aromatic ring is 1. The molecular formula is C30H37N7O2. The van der Waals surface area contributed by atoms with Gasteiger partial charge in [0.05, 0.1) is 12.8 Å². The van der Waals surface area contributed by atoms with E-state index in [1.54, 1.807) is 19.4 Å². The molecule has 0 amide bonds. The van der Waals surface area contributed by atoms with Crippen molar-refractivity contribution in [2.45, 2.75) is 27.7 Å². The van der Waals surface area contributed by atoms with Crippen LogP contribution in [0.1, 0.15) is 22.5 Å².